The summed E-state index contributed by atoms with van der Waals surface area (Å²) in [6.45, 7) is 7.31. The minimum atomic E-state index is -0.575. The van der Waals surface area contributed by atoms with E-state index >= 15 is 0 Å². The molecule has 2 amide bonds. The van der Waals surface area contributed by atoms with Gasteiger partial charge in [0.05, 0.1) is 5.69 Å². The van der Waals surface area contributed by atoms with Gasteiger partial charge in [-0.2, -0.15) is 5.26 Å². The number of nitriles is 1. The number of aryl methyl sites for hydroxylation is 1. The molecule has 6 nitrogen and oxygen atoms in total. The van der Waals surface area contributed by atoms with Crippen molar-refractivity contribution in [3.05, 3.63) is 65.4 Å². The van der Waals surface area contributed by atoms with E-state index in [1.807, 2.05) is 45.0 Å². The number of benzene rings is 2. The monoisotopic (exact) mass is 376 g/mol. The third-order valence-corrected chi connectivity index (χ3v) is 4.28. The van der Waals surface area contributed by atoms with Gasteiger partial charge in [0.25, 0.3) is 5.91 Å². The first-order valence-electron chi connectivity index (χ1n) is 8.92. The number of carbonyl (C=O) groups is 2. The molecule has 0 atom stereocenters. The lowest BCUT2D eigenvalue weighted by Crippen LogP contribution is -2.25. The van der Waals surface area contributed by atoms with Gasteiger partial charge in [-0.15, -0.1) is 0 Å². The Balaban J connectivity index is 2.40. The van der Waals surface area contributed by atoms with Gasteiger partial charge in [0.2, 0.25) is 5.91 Å². The van der Waals surface area contributed by atoms with Crippen molar-refractivity contribution in [2.75, 3.05) is 16.0 Å². The van der Waals surface area contributed by atoms with Gasteiger partial charge in [0.15, 0.2) is 0 Å². The Morgan fingerprint density at radius 3 is 2.46 bits per heavy atom. The highest BCUT2D eigenvalue weighted by Crippen LogP contribution is 2.28. The van der Waals surface area contributed by atoms with Crippen LogP contribution < -0.4 is 16.0 Å². The van der Waals surface area contributed by atoms with Crippen molar-refractivity contribution in [1.82, 2.24) is 0 Å². The molecule has 0 radical (unpaired) electrons. The van der Waals surface area contributed by atoms with Crippen molar-refractivity contribution in [2.45, 2.75) is 33.6 Å². The first kappa shape index (κ1) is 20.7. The molecule has 2 rings (SSSR count). The summed E-state index contributed by atoms with van der Waals surface area (Å²) in [7, 11) is 0. The first-order valence-corrected chi connectivity index (χ1v) is 8.92. The average Bonchev–Trinajstić information content (AvgIpc) is 2.63. The number of para-hydroxylation sites is 1. The molecule has 0 saturated carbocycles. The fourth-order valence-electron chi connectivity index (χ4n) is 2.81. The zero-order valence-corrected chi connectivity index (χ0v) is 16.5. The second-order valence-electron chi connectivity index (χ2n) is 6.79. The van der Waals surface area contributed by atoms with Gasteiger partial charge >= 0.3 is 0 Å². The number of nitrogens with zero attached hydrogens (tertiary/aromatic N) is 2. The number of amides is 2. The quantitative estimate of drug-likeness (QED) is 0.466. The molecule has 2 aromatic rings. The maximum Gasteiger partial charge on any atom is 0.267 e. The van der Waals surface area contributed by atoms with Crippen LogP contribution in [0.1, 0.15) is 37.8 Å². The predicted molar refractivity (Wildman–Crippen MR) is 112 cm³/mol. The van der Waals surface area contributed by atoms with Gasteiger partial charge in [-0.1, -0.05) is 38.1 Å². The van der Waals surface area contributed by atoms with Gasteiger partial charge in [-0.05, 0) is 42.2 Å². The average molecular weight is 376 g/mol. The smallest absolute Gasteiger partial charge is 0.267 e. The number of hydrogen-bond donors (Lipinski definition) is 2. The third-order valence-electron chi connectivity index (χ3n) is 4.28. The first-order chi connectivity index (χ1) is 13.2. The summed E-state index contributed by atoms with van der Waals surface area (Å²) in [6.07, 6.45) is 1.24. The van der Waals surface area contributed by atoms with E-state index in [4.69, 9.17) is 5.73 Å². The Kier molecular flexibility index (Phi) is 6.56. The summed E-state index contributed by atoms with van der Waals surface area (Å²) in [5.41, 5.74) is 9.11. The highest BCUT2D eigenvalue weighted by atomic mass is 16.2. The van der Waals surface area contributed by atoms with Crippen LogP contribution in [0.4, 0.5) is 17.1 Å². The van der Waals surface area contributed by atoms with E-state index in [9.17, 15) is 14.9 Å². The molecule has 0 heterocycles. The van der Waals surface area contributed by atoms with E-state index in [1.54, 1.807) is 24.3 Å². The third kappa shape index (κ3) is 4.77. The molecule has 0 aliphatic rings. The minimum absolute atomic E-state index is 0.185. The number of nitrogens with one attached hydrogen (secondary N) is 1. The number of nitrogens with two attached hydrogens (primary N) is 1. The second-order valence-corrected chi connectivity index (χ2v) is 6.79. The summed E-state index contributed by atoms with van der Waals surface area (Å²) < 4.78 is 0. The lowest BCUT2D eigenvalue weighted by molar-refractivity contribution is -0.116. The van der Waals surface area contributed by atoms with Crippen LogP contribution in [0, 0.1) is 18.3 Å². The van der Waals surface area contributed by atoms with Crippen LogP contribution in [-0.4, -0.2) is 11.8 Å². The van der Waals surface area contributed by atoms with Crippen molar-refractivity contribution in [3.63, 3.8) is 0 Å². The standard InChI is InChI=1S/C22H24N4O2/c1-14(2)20-10-5-7-15(3)21(20)25-22(28)17(12-23)13-26(16(4)27)19-9-6-8-18(24)11-19/h5-11,13-14H,24H2,1-4H3,(H,25,28)/b17-13-. The summed E-state index contributed by atoms with van der Waals surface area (Å²) in [5, 5.41) is 12.3. The van der Waals surface area contributed by atoms with Gasteiger partial charge in [0, 0.05) is 24.5 Å². The Hall–Kier alpha value is -3.59. The normalized spacial score (nSPS) is 11.1. The highest BCUT2D eigenvalue weighted by Gasteiger charge is 2.18. The Bertz CT molecular complexity index is 971. The van der Waals surface area contributed by atoms with E-state index in [1.165, 1.54) is 18.0 Å². The fraction of sp³-hybridized carbons (Fsp3) is 0.227. The largest absolute Gasteiger partial charge is 0.399 e. The molecule has 0 saturated heterocycles. The molecule has 2 aromatic carbocycles. The molecule has 144 valence electrons. The fourth-order valence-corrected chi connectivity index (χ4v) is 2.81. The topological polar surface area (TPSA) is 99.2 Å². The van der Waals surface area contributed by atoms with Crippen LogP contribution in [0.2, 0.25) is 0 Å². The molecule has 0 aliphatic heterocycles. The molecule has 6 heteroatoms. The maximum absolute atomic E-state index is 12.8. The van der Waals surface area contributed by atoms with Crippen molar-refractivity contribution in [3.8, 4) is 6.07 Å². The van der Waals surface area contributed by atoms with Gasteiger partial charge in [0.1, 0.15) is 11.6 Å². The lowest BCUT2D eigenvalue weighted by Gasteiger charge is -2.19. The SMILES string of the molecule is CC(=O)N(/C=C(/C#N)C(=O)Nc1c(C)cccc1C(C)C)c1cccc(N)c1. The van der Waals surface area contributed by atoms with Crippen LogP contribution in [-0.2, 0) is 9.59 Å². The van der Waals surface area contributed by atoms with Crippen molar-refractivity contribution in [1.29, 1.82) is 5.26 Å². The molecule has 0 aromatic heterocycles. The van der Waals surface area contributed by atoms with E-state index in [0.717, 1.165) is 11.1 Å². The minimum Gasteiger partial charge on any atom is -0.399 e. The zero-order chi connectivity index (χ0) is 20.8. The molecular weight excluding hydrogens is 352 g/mol. The second kappa shape index (κ2) is 8.87. The summed E-state index contributed by atoms with van der Waals surface area (Å²) >= 11 is 0. The molecule has 0 unspecified atom stereocenters. The van der Waals surface area contributed by atoms with Gasteiger partial charge < -0.3 is 11.1 Å². The van der Waals surface area contributed by atoms with E-state index < -0.39 is 5.91 Å². The molecular formula is C22H24N4O2. The number of rotatable bonds is 5. The molecule has 0 aliphatic carbocycles. The van der Waals surface area contributed by atoms with Crippen LogP contribution >= 0.6 is 0 Å². The lowest BCUT2D eigenvalue weighted by atomic mass is 9.98. The summed E-state index contributed by atoms with van der Waals surface area (Å²) in [6, 6.07) is 14.3. The summed E-state index contributed by atoms with van der Waals surface area (Å²) in [5.74, 6) is -0.718. The Labute approximate surface area is 165 Å². The van der Waals surface area contributed by atoms with Crippen molar-refractivity contribution < 1.29 is 9.59 Å². The van der Waals surface area contributed by atoms with Gasteiger partial charge in [-0.25, -0.2) is 0 Å². The van der Waals surface area contributed by atoms with Crippen molar-refractivity contribution in [2.24, 2.45) is 0 Å². The number of carbonyl (C=O) groups excluding carboxylic acids is 2. The zero-order valence-electron chi connectivity index (χ0n) is 16.5. The number of hydrogen-bond acceptors (Lipinski definition) is 4. The predicted octanol–water partition coefficient (Wildman–Crippen LogP) is 4.10. The molecule has 0 fully saturated rings. The number of nitrogen functional groups attached to an aromatic ring is 1. The highest BCUT2D eigenvalue weighted by molar-refractivity contribution is 6.08. The van der Waals surface area contributed by atoms with Crippen LogP contribution in [0.3, 0.4) is 0 Å². The van der Waals surface area contributed by atoms with Crippen LogP contribution in [0.15, 0.2) is 54.2 Å². The van der Waals surface area contributed by atoms with Crippen LogP contribution in [0.25, 0.3) is 0 Å². The molecule has 28 heavy (non-hydrogen) atoms. The van der Waals surface area contributed by atoms with E-state index in [0.29, 0.717) is 17.1 Å². The van der Waals surface area contributed by atoms with E-state index in [2.05, 4.69) is 5.32 Å². The summed E-state index contributed by atoms with van der Waals surface area (Å²) in [4.78, 5) is 26.1. The Morgan fingerprint density at radius 1 is 1.21 bits per heavy atom. The van der Waals surface area contributed by atoms with E-state index in [-0.39, 0.29) is 17.4 Å². The maximum atomic E-state index is 12.8. The molecule has 0 bridgehead atoms. The van der Waals surface area contributed by atoms with Crippen LogP contribution in [0.5, 0.6) is 0 Å². The van der Waals surface area contributed by atoms with Crippen molar-refractivity contribution >= 4 is 28.9 Å². The number of anilines is 3. The molecule has 0 spiro atoms. The molecule has 3 N–H and O–H groups in total. The Morgan fingerprint density at radius 2 is 1.89 bits per heavy atom. The van der Waals surface area contributed by atoms with Gasteiger partial charge in [-0.3, -0.25) is 14.5 Å².